The van der Waals surface area contributed by atoms with Crippen molar-refractivity contribution >= 4 is 23.1 Å². The maximum atomic E-state index is 5.19. The minimum Gasteiger partial charge on any atom is -0.497 e. The second kappa shape index (κ2) is 6.53. The van der Waals surface area contributed by atoms with Gasteiger partial charge in [-0.1, -0.05) is 24.3 Å². The minimum atomic E-state index is 0.430. The van der Waals surface area contributed by atoms with Crippen LogP contribution in [0.5, 0.6) is 5.75 Å². The van der Waals surface area contributed by atoms with Crippen molar-refractivity contribution in [2.45, 2.75) is 0 Å². The fraction of sp³-hybridized carbons (Fsp3) is 0.0625. The second-order valence-corrected chi connectivity index (χ2v) is 4.51. The van der Waals surface area contributed by atoms with Gasteiger partial charge in [0, 0.05) is 17.4 Å². The molecule has 0 saturated carbocycles. The van der Waals surface area contributed by atoms with Crippen LogP contribution in [0.25, 0.3) is 0 Å². The fourth-order valence-electron chi connectivity index (χ4n) is 1.92. The lowest BCUT2D eigenvalue weighted by Gasteiger charge is -2.08. The number of aromatic nitrogens is 3. The summed E-state index contributed by atoms with van der Waals surface area (Å²) >= 11 is 0. The molecule has 0 fully saturated rings. The molecule has 1 aromatic heterocycles. The highest BCUT2D eigenvalue weighted by molar-refractivity contribution is 5.59. The lowest BCUT2D eigenvalue weighted by atomic mass is 10.3. The maximum absolute atomic E-state index is 5.19. The van der Waals surface area contributed by atoms with Gasteiger partial charge in [-0.3, -0.25) is 0 Å². The zero-order valence-corrected chi connectivity index (χ0v) is 12.0. The van der Waals surface area contributed by atoms with E-state index < -0.39 is 0 Å². The van der Waals surface area contributed by atoms with Crippen LogP contribution in [-0.4, -0.2) is 22.3 Å². The molecule has 0 aliphatic rings. The molecule has 0 aliphatic heterocycles. The molecule has 22 heavy (non-hydrogen) atoms. The monoisotopic (exact) mass is 293 g/mol. The topological polar surface area (TPSA) is 72.0 Å². The average molecular weight is 293 g/mol. The van der Waals surface area contributed by atoms with Gasteiger partial charge in [0.05, 0.1) is 13.3 Å². The molecule has 1 heterocycles. The summed E-state index contributed by atoms with van der Waals surface area (Å²) in [7, 11) is 1.63. The Morgan fingerprint density at radius 1 is 0.909 bits per heavy atom. The van der Waals surface area contributed by atoms with E-state index in [4.69, 9.17) is 4.74 Å². The lowest BCUT2D eigenvalue weighted by molar-refractivity contribution is 0.415. The predicted molar refractivity (Wildman–Crippen MR) is 85.8 cm³/mol. The summed E-state index contributed by atoms with van der Waals surface area (Å²) in [5, 5.41) is 14.2. The largest absolute Gasteiger partial charge is 0.497 e. The van der Waals surface area contributed by atoms with Crippen molar-refractivity contribution in [1.82, 2.24) is 15.2 Å². The Kier molecular flexibility index (Phi) is 4.10. The fourth-order valence-corrected chi connectivity index (χ4v) is 1.92. The number of nitrogens with one attached hydrogen (secondary N) is 2. The molecular weight excluding hydrogens is 278 g/mol. The Morgan fingerprint density at radius 3 is 2.55 bits per heavy atom. The summed E-state index contributed by atoms with van der Waals surface area (Å²) in [6, 6.07) is 17.3. The van der Waals surface area contributed by atoms with E-state index in [-0.39, 0.29) is 0 Å². The van der Waals surface area contributed by atoms with Crippen molar-refractivity contribution in [2.24, 2.45) is 0 Å². The van der Waals surface area contributed by atoms with Crippen molar-refractivity contribution < 1.29 is 4.74 Å². The number of hydrogen-bond donors (Lipinski definition) is 2. The number of hydrogen-bond acceptors (Lipinski definition) is 6. The number of rotatable bonds is 5. The van der Waals surface area contributed by atoms with E-state index in [1.165, 1.54) is 0 Å². The number of anilines is 4. The van der Waals surface area contributed by atoms with Crippen LogP contribution in [0.15, 0.2) is 60.8 Å². The zero-order chi connectivity index (χ0) is 15.2. The third kappa shape index (κ3) is 3.49. The molecule has 2 N–H and O–H groups in total. The standard InChI is InChI=1S/C16H15N5O/c1-22-14-9-5-8-13(10-14)18-15-11-17-21-16(20-15)19-12-6-3-2-4-7-12/h2-11H,1H3,(H2,18,19,20,21). The van der Waals surface area contributed by atoms with Crippen LogP contribution in [0.3, 0.4) is 0 Å². The van der Waals surface area contributed by atoms with Gasteiger partial charge in [-0.15, -0.1) is 5.10 Å². The van der Waals surface area contributed by atoms with Gasteiger partial charge in [0.2, 0.25) is 5.95 Å². The molecule has 2 aromatic carbocycles. The predicted octanol–water partition coefficient (Wildman–Crippen LogP) is 3.37. The van der Waals surface area contributed by atoms with E-state index in [0.29, 0.717) is 11.8 Å². The molecule has 0 bridgehead atoms. The molecule has 0 amide bonds. The molecule has 0 saturated heterocycles. The van der Waals surface area contributed by atoms with Crippen LogP contribution in [-0.2, 0) is 0 Å². The highest BCUT2D eigenvalue weighted by atomic mass is 16.5. The van der Waals surface area contributed by atoms with Gasteiger partial charge in [0.1, 0.15) is 5.75 Å². The molecule has 0 aliphatic carbocycles. The van der Waals surface area contributed by atoms with E-state index in [1.807, 2.05) is 54.6 Å². The van der Waals surface area contributed by atoms with Gasteiger partial charge in [-0.25, -0.2) is 0 Å². The summed E-state index contributed by atoms with van der Waals surface area (Å²) in [5.74, 6) is 1.80. The molecule has 0 radical (unpaired) electrons. The smallest absolute Gasteiger partial charge is 0.249 e. The Morgan fingerprint density at radius 2 is 1.73 bits per heavy atom. The van der Waals surface area contributed by atoms with Crippen molar-refractivity contribution in [3.8, 4) is 5.75 Å². The highest BCUT2D eigenvalue weighted by Gasteiger charge is 2.02. The first-order chi connectivity index (χ1) is 10.8. The van der Waals surface area contributed by atoms with E-state index >= 15 is 0 Å². The normalized spacial score (nSPS) is 10.0. The summed E-state index contributed by atoms with van der Waals surface area (Å²) in [6.07, 6.45) is 1.57. The maximum Gasteiger partial charge on any atom is 0.249 e. The first kappa shape index (κ1) is 13.8. The van der Waals surface area contributed by atoms with Crippen LogP contribution >= 0.6 is 0 Å². The van der Waals surface area contributed by atoms with Crippen molar-refractivity contribution in [1.29, 1.82) is 0 Å². The van der Waals surface area contributed by atoms with Gasteiger partial charge in [-0.05, 0) is 24.3 Å². The van der Waals surface area contributed by atoms with Gasteiger partial charge in [-0.2, -0.15) is 10.1 Å². The van der Waals surface area contributed by atoms with Crippen LogP contribution in [0, 0.1) is 0 Å². The average Bonchev–Trinajstić information content (AvgIpc) is 2.56. The van der Waals surface area contributed by atoms with Crippen LogP contribution in [0.1, 0.15) is 0 Å². The van der Waals surface area contributed by atoms with Crippen LogP contribution in [0.2, 0.25) is 0 Å². The van der Waals surface area contributed by atoms with Gasteiger partial charge in [0.25, 0.3) is 0 Å². The SMILES string of the molecule is COc1cccc(Nc2cnnc(Nc3ccccc3)n2)c1. The number of methoxy groups -OCH3 is 1. The van der Waals surface area contributed by atoms with Gasteiger partial charge < -0.3 is 15.4 Å². The lowest BCUT2D eigenvalue weighted by Crippen LogP contribution is -2.02. The highest BCUT2D eigenvalue weighted by Crippen LogP contribution is 2.20. The van der Waals surface area contributed by atoms with Gasteiger partial charge >= 0.3 is 0 Å². The minimum absolute atomic E-state index is 0.430. The third-order valence-electron chi connectivity index (χ3n) is 2.93. The first-order valence-corrected chi connectivity index (χ1v) is 6.76. The Labute approximate surface area is 128 Å². The Hall–Kier alpha value is -3.15. The van der Waals surface area contributed by atoms with E-state index in [1.54, 1.807) is 13.3 Å². The zero-order valence-electron chi connectivity index (χ0n) is 12.0. The van der Waals surface area contributed by atoms with Crippen molar-refractivity contribution in [2.75, 3.05) is 17.7 Å². The Balaban J connectivity index is 1.76. The van der Waals surface area contributed by atoms with E-state index in [0.717, 1.165) is 17.1 Å². The number of para-hydroxylation sites is 1. The van der Waals surface area contributed by atoms with E-state index in [9.17, 15) is 0 Å². The molecular formula is C16H15N5O. The summed E-state index contributed by atoms with van der Waals surface area (Å²) in [4.78, 5) is 4.38. The summed E-state index contributed by atoms with van der Waals surface area (Å²) < 4.78 is 5.19. The molecule has 6 heteroatoms. The molecule has 0 atom stereocenters. The van der Waals surface area contributed by atoms with Crippen molar-refractivity contribution in [3.05, 3.63) is 60.8 Å². The molecule has 0 spiro atoms. The Bertz CT molecular complexity index is 748. The van der Waals surface area contributed by atoms with E-state index in [2.05, 4.69) is 25.8 Å². The van der Waals surface area contributed by atoms with Crippen LogP contribution < -0.4 is 15.4 Å². The molecule has 110 valence electrons. The number of ether oxygens (including phenoxy) is 1. The molecule has 3 rings (SSSR count). The molecule has 0 unspecified atom stereocenters. The third-order valence-corrected chi connectivity index (χ3v) is 2.93. The van der Waals surface area contributed by atoms with Crippen molar-refractivity contribution in [3.63, 3.8) is 0 Å². The molecule has 3 aromatic rings. The number of benzene rings is 2. The second-order valence-electron chi connectivity index (χ2n) is 4.51. The first-order valence-electron chi connectivity index (χ1n) is 6.76. The summed E-state index contributed by atoms with van der Waals surface area (Å²) in [6.45, 7) is 0. The van der Waals surface area contributed by atoms with Crippen LogP contribution in [0.4, 0.5) is 23.1 Å². The molecule has 6 nitrogen and oxygen atoms in total. The van der Waals surface area contributed by atoms with Gasteiger partial charge in [0.15, 0.2) is 5.82 Å². The number of nitrogens with zero attached hydrogens (tertiary/aromatic N) is 3. The quantitative estimate of drug-likeness (QED) is 0.751. The summed E-state index contributed by atoms with van der Waals surface area (Å²) in [5.41, 5.74) is 1.77.